The lowest BCUT2D eigenvalue weighted by Gasteiger charge is -2.19. The topological polar surface area (TPSA) is 70.0 Å². The molecule has 4 aromatic rings. The predicted octanol–water partition coefficient (Wildman–Crippen LogP) is 4.27. The van der Waals surface area contributed by atoms with Crippen LogP contribution in [0.25, 0.3) is 22.6 Å². The van der Waals surface area contributed by atoms with Crippen LogP contribution in [0.5, 0.6) is 0 Å². The smallest absolute Gasteiger partial charge is 0.283 e. The number of aryl methyl sites for hydroxylation is 1. The van der Waals surface area contributed by atoms with Crippen molar-refractivity contribution >= 4 is 5.78 Å². The second kappa shape index (κ2) is 7.63. The maximum Gasteiger partial charge on any atom is 0.455 e. The van der Waals surface area contributed by atoms with Gasteiger partial charge in [0.15, 0.2) is 5.69 Å². The number of hydrogen-bond acceptors (Lipinski definition) is 4. The summed E-state index contributed by atoms with van der Waals surface area (Å²) in [7, 11) is 0. The SMILES string of the molecule is Cc1cn2c(=O)c(-c3cnn(CC(F)(F)C(F)(F)F)c3)c(C(F)(F)F)nc2n1-c1ccncc1. The molecule has 4 heterocycles. The van der Waals surface area contributed by atoms with Crippen LogP contribution in [0.1, 0.15) is 11.4 Å². The van der Waals surface area contributed by atoms with Crippen LogP contribution in [0.4, 0.5) is 35.1 Å². The van der Waals surface area contributed by atoms with E-state index >= 15 is 0 Å². The molecule has 0 fully saturated rings. The Bertz CT molecular complexity index is 1420. The molecule has 0 saturated carbocycles. The number of pyridine rings is 1. The summed E-state index contributed by atoms with van der Waals surface area (Å²) < 4.78 is 108. The Balaban J connectivity index is 1.92. The summed E-state index contributed by atoms with van der Waals surface area (Å²) in [5, 5.41) is 3.29. The van der Waals surface area contributed by atoms with Crippen LogP contribution in [-0.2, 0) is 12.7 Å². The number of hydrogen-bond donors (Lipinski definition) is 0. The van der Waals surface area contributed by atoms with Gasteiger partial charge in [-0.3, -0.25) is 23.4 Å². The third-order valence-corrected chi connectivity index (χ3v) is 4.85. The molecule has 4 rings (SSSR count). The Hall–Kier alpha value is -3.78. The molecule has 0 radical (unpaired) electrons. The zero-order chi connectivity index (χ0) is 25.1. The standard InChI is InChI=1S/C19H12F8N6O/c1-10-7-32-15(34)13(11-6-29-31(8-11)9-17(20,21)19(25,26)27)14(18(22,23)24)30-16(32)33(10)12-2-4-28-5-3-12/h2-8H,9H2,1H3. The largest absolute Gasteiger partial charge is 0.455 e. The summed E-state index contributed by atoms with van der Waals surface area (Å²) in [6.45, 7) is -0.467. The molecule has 0 aliphatic carbocycles. The lowest BCUT2D eigenvalue weighted by Crippen LogP contribution is -2.40. The molecular formula is C19H12F8N6O. The summed E-state index contributed by atoms with van der Waals surface area (Å²) in [5.41, 5.74) is -3.82. The van der Waals surface area contributed by atoms with E-state index < -0.39 is 47.2 Å². The van der Waals surface area contributed by atoms with Gasteiger partial charge in [-0.15, -0.1) is 0 Å². The molecule has 34 heavy (non-hydrogen) atoms. The van der Waals surface area contributed by atoms with Crippen molar-refractivity contribution in [3.63, 3.8) is 0 Å². The Morgan fingerprint density at radius 2 is 1.62 bits per heavy atom. The van der Waals surface area contributed by atoms with Crippen LogP contribution in [0.15, 0.2) is 47.9 Å². The van der Waals surface area contributed by atoms with Crippen molar-refractivity contribution in [3.05, 3.63) is 64.9 Å². The fraction of sp³-hybridized carbons (Fsp3) is 0.263. The maximum absolute atomic E-state index is 13.9. The summed E-state index contributed by atoms with van der Waals surface area (Å²) in [5.74, 6) is -5.58. The molecule has 0 spiro atoms. The normalized spacial score (nSPS) is 13.1. The van der Waals surface area contributed by atoms with Gasteiger partial charge in [-0.1, -0.05) is 0 Å². The number of rotatable bonds is 4. The van der Waals surface area contributed by atoms with Crippen LogP contribution >= 0.6 is 0 Å². The number of fused-ring (bicyclic) bond motifs is 1. The maximum atomic E-state index is 13.9. The molecule has 0 aromatic carbocycles. The van der Waals surface area contributed by atoms with Crippen molar-refractivity contribution in [2.45, 2.75) is 31.7 Å². The number of imidazole rings is 1. The molecule has 180 valence electrons. The summed E-state index contributed by atoms with van der Waals surface area (Å²) in [6, 6.07) is 2.95. The molecule has 0 N–H and O–H groups in total. The monoisotopic (exact) mass is 492 g/mol. The average Bonchev–Trinajstić information content (AvgIpc) is 3.30. The molecule has 0 amide bonds. The minimum atomic E-state index is -5.90. The summed E-state index contributed by atoms with van der Waals surface area (Å²) >= 11 is 0. The number of alkyl halides is 8. The quantitative estimate of drug-likeness (QED) is 0.399. The molecule has 0 aliphatic rings. The molecule has 0 atom stereocenters. The van der Waals surface area contributed by atoms with Crippen LogP contribution in [0, 0.1) is 6.92 Å². The van der Waals surface area contributed by atoms with Crippen LogP contribution < -0.4 is 5.56 Å². The van der Waals surface area contributed by atoms with Gasteiger partial charge < -0.3 is 0 Å². The van der Waals surface area contributed by atoms with E-state index in [1.807, 2.05) is 0 Å². The lowest BCUT2D eigenvalue weighted by atomic mass is 10.1. The fourth-order valence-electron chi connectivity index (χ4n) is 3.35. The first kappa shape index (κ1) is 23.4. The molecule has 15 heteroatoms. The zero-order valence-electron chi connectivity index (χ0n) is 16.9. The van der Waals surface area contributed by atoms with Gasteiger partial charge in [0.1, 0.15) is 6.54 Å². The van der Waals surface area contributed by atoms with E-state index in [4.69, 9.17) is 0 Å². The average molecular weight is 492 g/mol. The Labute approximate surface area is 183 Å². The highest BCUT2D eigenvalue weighted by Gasteiger charge is 2.57. The van der Waals surface area contributed by atoms with E-state index in [0.29, 0.717) is 23.8 Å². The molecule has 0 aliphatic heterocycles. The second-order valence-corrected chi connectivity index (χ2v) is 7.25. The third kappa shape index (κ3) is 3.90. The van der Waals surface area contributed by atoms with Crippen molar-refractivity contribution in [1.29, 1.82) is 0 Å². The minimum Gasteiger partial charge on any atom is -0.283 e. The number of nitrogens with zero attached hydrogens (tertiary/aromatic N) is 6. The van der Waals surface area contributed by atoms with Gasteiger partial charge in [0.2, 0.25) is 5.78 Å². The van der Waals surface area contributed by atoms with E-state index in [2.05, 4.69) is 15.1 Å². The fourth-order valence-corrected chi connectivity index (χ4v) is 3.35. The number of aromatic nitrogens is 6. The van der Waals surface area contributed by atoms with E-state index in [9.17, 15) is 39.9 Å². The predicted molar refractivity (Wildman–Crippen MR) is 101 cm³/mol. The van der Waals surface area contributed by atoms with E-state index in [1.54, 1.807) is 0 Å². The summed E-state index contributed by atoms with van der Waals surface area (Å²) in [4.78, 5) is 20.5. The molecular weight excluding hydrogens is 480 g/mol. The molecule has 7 nitrogen and oxygen atoms in total. The van der Waals surface area contributed by atoms with Gasteiger partial charge in [0.25, 0.3) is 5.56 Å². The second-order valence-electron chi connectivity index (χ2n) is 7.25. The first-order valence-electron chi connectivity index (χ1n) is 9.30. The van der Waals surface area contributed by atoms with E-state index in [1.165, 1.54) is 42.2 Å². The minimum absolute atomic E-state index is 0.116. The van der Waals surface area contributed by atoms with Gasteiger partial charge in [-0.2, -0.15) is 40.2 Å². The van der Waals surface area contributed by atoms with Crippen molar-refractivity contribution < 1.29 is 35.1 Å². The van der Waals surface area contributed by atoms with Gasteiger partial charge in [0.05, 0.1) is 17.4 Å². The van der Waals surface area contributed by atoms with Crippen LogP contribution in [0.3, 0.4) is 0 Å². The molecule has 0 saturated heterocycles. The zero-order valence-corrected chi connectivity index (χ0v) is 16.9. The van der Waals surface area contributed by atoms with Crippen molar-refractivity contribution in [2.75, 3.05) is 0 Å². The van der Waals surface area contributed by atoms with Gasteiger partial charge in [0, 0.05) is 36.0 Å². The van der Waals surface area contributed by atoms with Crippen molar-refractivity contribution in [2.24, 2.45) is 0 Å². The molecule has 0 unspecified atom stereocenters. The third-order valence-electron chi connectivity index (χ3n) is 4.85. The Morgan fingerprint density at radius 1 is 0.971 bits per heavy atom. The van der Waals surface area contributed by atoms with Gasteiger partial charge in [-0.05, 0) is 19.1 Å². The highest BCUT2D eigenvalue weighted by Crippen LogP contribution is 2.38. The van der Waals surface area contributed by atoms with Crippen LogP contribution in [-0.4, -0.2) is 40.8 Å². The Morgan fingerprint density at radius 3 is 2.21 bits per heavy atom. The van der Waals surface area contributed by atoms with E-state index in [-0.39, 0.29) is 10.5 Å². The molecule has 4 aromatic heterocycles. The van der Waals surface area contributed by atoms with Crippen molar-refractivity contribution in [1.82, 2.24) is 28.7 Å². The summed E-state index contributed by atoms with van der Waals surface area (Å²) in [6.07, 6.45) is -5.98. The van der Waals surface area contributed by atoms with Gasteiger partial charge in [-0.25, -0.2) is 4.98 Å². The first-order valence-corrected chi connectivity index (χ1v) is 9.30. The molecule has 0 bridgehead atoms. The highest BCUT2D eigenvalue weighted by molar-refractivity contribution is 5.66. The highest BCUT2D eigenvalue weighted by atomic mass is 19.4. The van der Waals surface area contributed by atoms with Gasteiger partial charge >= 0.3 is 18.3 Å². The lowest BCUT2D eigenvalue weighted by molar-refractivity contribution is -0.287. The Kier molecular flexibility index (Phi) is 5.25. The van der Waals surface area contributed by atoms with Crippen molar-refractivity contribution in [3.8, 4) is 16.8 Å². The first-order chi connectivity index (χ1) is 15.7. The van der Waals surface area contributed by atoms with E-state index in [0.717, 1.165) is 4.40 Å². The number of halogens is 8. The van der Waals surface area contributed by atoms with Crippen LogP contribution in [0.2, 0.25) is 0 Å².